The SMILES string of the molecule is CC(Oc1ccc(Cl)cc1Cl)C(=O)Nc1ccc(Nc2nc(-c3ccncc3)cs2)cc1. The van der Waals surface area contributed by atoms with Gasteiger partial charge in [0.2, 0.25) is 0 Å². The maximum atomic E-state index is 12.5. The van der Waals surface area contributed by atoms with Crippen LogP contribution in [-0.4, -0.2) is 22.0 Å². The van der Waals surface area contributed by atoms with E-state index in [2.05, 4.69) is 20.6 Å². The number of hydrogen-bond acceptors (Lipinski definition) is 6. The highest BCUT2D eigenvalue weighted by molar-refractivity contribution is 7.14. The van der Waals surface area contributed by atoms with Gasteiger partial charge in [-0.05, 0) is 61.5 Å². The molecule has 2 aromatic heterocycles. The Kier molecular flexibility index (Phi) is 6.90. The number of benzene rings is 2. The van der Waals surface area contributed by atoms with Crippen molar-refractivity contribution in [2.24, 2.45) is 0 Å². The first-order chi connectivity index (χ1) is 15.5. The van der Waals surface area contributed by atoms with Gasteiger partial charge in [-0.1, -0.05) is 23.2 Å². The van der Waals surface area contributed by atoms with E-state index in [0.717, 1.165) is 22.1 Å². The van der Waals surface area contributed by atoms with Gasteiger partial charge in [0.1, 0.15) is 5.75 Å². The summed E-state index contributed by atoms with van der Waals surface area (Å²) in [7, 11) is 0. The fraction of sp³-hybridized carbons (Fsp3) is 0.0870. The molecular weight excluding hydrogens is 467 g/mol. The molecule has 1 unspecified atom stereocenters. The number of thiazole rings is 1. The molecule has 0 saturated carbocycles. The second kappa shape index (κ2) is 9.99. The number of pyridine rings is 1. The fourth-order valence-electron chi connectivity index (χ4n) is 2.81. The zero-order chi connectivity index (χ0) is 22.5. The summed E-state index contributed by atoms with van der Waals surface area (Å²) in [6.07, 6.45) is 2.74. The third-order valence-corrected chi connectivity index (χ3v) is 5.74. The van der Waals surface area contributed by atoms with Crippen molar-refractivity contribution in [3.63, 3.8) is 0 Å². The van der Waals surface area contributed by atoms with Crippen LogP contribution in [0.3, 0.4) is 0 Å². The Hall–Kier alpha value is -3.13. The highest BCUT2D eigenvalue weighted by Crippen LogP contribution is 2.29. The van der Waals surface area contributed by atoms with Crippen LogP contribution >= 0.6 is 34.5 Å². The van der Waals surface area contributed by atoms with Crippen LogP contribution in [0.4, 0.5) is 16.5 Å². The monoisotopic (exact) mass is 484 g/mol. The molecule has 0 saturated heterocycles. The lowest BCUT2D eigenvalue weighted by Crippen LogP contribution is -2.30. The van der Waals surface area contributed by atoms with Gasteiger partial charge < -0.3 is 15.4 Å². The summed E-state index contributed by atoms with van der Waals surface area (Å²) in [5, 5.41) is 9.71. The van der Waals surface area contributed by atoms with Gasteiger partial charge in [-0.15, -0.1) is 11.3 Å². The first kappa shape index (κ1) is 22.1. The number of rotatable bonds is 7. The van der Waals surface area contributed by atoms with E-state index in [9.17, 15) is 4.79 Å². The van der Waals surface area contributed by atoms with Gasteiger partial charge in [0.15, 0.2) is 11.2 Å². The predicted octanol–water partition coefficient (Wildman–Crippen LogP) is 6.66. The van der Waals surface area contributed by atoms with Crippen molar-refractivity contribution < 1.29 is 9.53 Å². The van der Waals surface area contributed by atoms with E-state index < -0.39 is 6.10 Å². The highest BCUT2D eigenvalue weighted by Gasteiger charge is 2.16. The largest absolute Gasteiger partial charge is 0.479 e. The number of nitrogens with one attached hydrogen (secondary N) is 2. The number of nitrogens with zero attached hydrogens (tertiary/aromatic N) is 2. The minimum absolute atomic E-state index is 0.293. The van der Waals surface area contributed by atoms with Crippen molar-refractivity contribution in [3.05, 3.63) is 82.4 Å². The number of amides is 1. The third-order valence-electron chi connectivity index (χ3n) is 4.45. The van der Waals surface area contributed by atoms with Gasteiger partial charge >= 0.3 is 0 Å². The average molecular weight is 485 g/mol. The summed E-state index contributed by atoms with van der Waals surface area (Å²) in [6, 6.07) is 16.0. The normalized spacial score (nSPS) is 11.6. The Balaban J connectivity index is 1.34. The molecule has 0 fully saturated rings. The van der Waals surface area contributed by atoms with Crippen LogP contribution in [-0.2, 0) is 4.79 Å². The smallest absolute Gasteiger partial charge is 0.265 e. The minimum Gasteiger partial charge on any atom is -0.479 e. The molecule has 2 N–H and O–H groups in total. The summed E-state index contributed by atoms with van der Waals surface area (Å²) < 4.78 is 5.65. The average Bonchev–Trinajstić information content (AvgIpc) is 3.26. The Bertz CT molecular complexity index is 1220. The number of anilines is 3. The lowest BCUT2D eigenvalue weighted by Gasteiger charge is -2.16. The van der Waals surface area contributed by atoms with Crippen LogP contribution < -0.4 is 15.4 Å². The second-order valence-corrected chi connectivity index (χ2v) is 8.50. The Morgan fingerprint density at radius 3 is 2.47 bits per heavy atom. The first-order valence-electron chi connectivity index (χ1n) is 9.63. The Morgan fingerprint density at radius 1 is 1.03 bits per heavy atom. The number of aromatic nitrogens is 2. The molecule has 1 atom stereocenters. The molecule has 4 rings (SSSR count). The fourth-order valence-corrected chi connectivity index (χ4v) is 4.00. The molecule has 6 nitrogen and oxygen atoms in total. The van der Waals surface area contributed by atoms with E-state index in [-0.39, 0.29) is 5.91 Å². The van der Waals surface area contributed by atoms with Crippen LogP contribution in [0.1, 0.15) is 6.92 Å². The molecule has 0 bridgehead atoms. The second-order valence-electron chi connectivity index (χ2n) is 6.80. The number of hydrogen-bond donors (Lipinski definition) is 2. The van der Waals surface area contributed by atoms with Crippen LogP contribution in [0.2, 0.25) is 10.0 Å². The molecule has 0 aliphatic carbocycles. The van der Waals surface area contributed by atoms with E-state index in [1.54, 1.807) is 49.6 Å². The molecule has 0 radical (unpaired) electrons. The van der Waals surface area contributed by atoms with Crippen molar-refractivity contribution in [1.82, 2.24) is 9.97 Å². The molecule has 9 heteroatoms. The van der Waals surface area contributed by atoms with Crippen LogP contribution in [0, 0.1) is 0 Å². The summed E-state index contributed by atoms with van der Waals surface area (Å²) in [6.45, 7) is 1.65. The van der Waals surface area contributed by atoms with Gasteiger partial charge in [0.25, 0.3) is 5.91 Å². The van der Waals surface area contributed by atoms with E-state index in [1.807, 2.05) is 29.6 Å². The molecule has 162 valence electrons. The maximum absolute atomic E-state index is 12.5. The summed E-state index contributed by atoms with van der Waals surface area (Å²) in [5.41, 5.74) is 3.41. The zero-order valence-electron chi connectivity index (χ0n) is 16.9. The highest BCUT2D eigenvalue weighted by atomic mass is 35.5. The van der Waals surface area contributed by atoms with Gasteiger partial charge in [-0.2, -0.15) is 0 Å². The number of carbonyl (C=O) groups excluding carboxylic acids is 1. The number of carbonyl (C=O) groups is 1. The maximum Gasteiger partial charge on any atom is 0.265 e. The lowest BCUT2D eigenvalue weighted by molar-refractivity contribution is -0.122. The summed E-state index contributed by atoms with van der Waals surface area (Å²) >= 11 is 13.5. The molecule has 1 amide bonds. The quantitative estimate of drug-likeness (QED) is 0.306. The van der Waals surface area contributed by atoms with Crippen molar-refractivity contribution in [1.29, 1.82) is 0 Å². The third kappa shape index (κ3) is 5.56. The summed E-state index contributed by atoms with van der Waals surface area (Å²) in [4.78, 5) is 21.1. The van der Waals surface area contributed by atoms with Gasteiger partial charge in [0.05, 0.1) is 10.7 Å². The molecule has 4 aromatic rings. The lowest BCUT2D eigenvalue weighted by atomic mass is 10.2. The molecule has 0 aliphatic heterocycles. The molecule has 0 aliphatic rings. The molecular formula is C23H18Cl2N4O2S. The number of halogens is 2. The summed E-state index contributed by atoms with van der Waals surface area (Å²) in [5.74, 6) is 0.103. The van der Waals surface area contributed by atoms with Crippen molar-refractivity contribution in [3.8, 4) is 17.0 Å². The van der Waals surface area contributed by atoms with Gasteiger partial charge in [0, 0.05) is 39.7 Å². The van der Waals surface area contributed by atoms with Crippen LogP contribution in [0.5, 0.6) is 5.75 Å². The molecule has 0 spiro atoms. The van der Waals surface area contributed by atoms with Crippen molar-refractivity contribution in [2.75, 3.05) is 10.6 Å². The Labute approximate surface area is 199 Å². The van der Waals surface area contributed by atoms with E-state index in [0.29, 0.717) is 21.5 Å². The van der Waals surface area contributed by atoms with Crippen molar-refractivity contribution in [2.45, 2.75) is 13.0 Å². The van der Waals surface area contributed by atoms with Crippen molar-refractivity contribution >= 4 is 57.0 Å². The topological polar surface area (TPSA) is 76.1 Å². The van der Waals surface area contributed by atoms with Gasteiger partial charge in [-0.25, -0.2) is 4.98 Å². The van der Waals surface area contributed by atoms with E-state index >= 15 is 0 Å². The van der Waals surface area contributed by atoms with Crippen LogP contribution in [0.25, 0.3) is 11.3 Å². The van der Waals surface area contributed by atoms with Crippen LogP contribution in [0.15, 0.2) is 72.4 Å². The number of ether oxygens (including phenoxy) is 1. The standard InChI is InChI=1S/C23H18Cl2N4O2S/c1-14(31-21-7-2-16(24)12-19(21)25)22(30)27-17-3-5-18(6-4-17)28-23-29-20(13-32-23)15-8-10-26-11-9-15/h2-14H,1H3,(H,27,30)(H,28,29). The first-order valence-corrected chi connectivity index (χ1v) is 11.3. The van der Waals surface area contributed by atoms with E-state index in [1.165, 1.54) is 11.3 Å². The zero-order valence-corrected chi connectivity index (χ0v) is 19.2. The molecule has 2 heterocycles. The molecule has 32 heavy (non-hydrogen) atoms. The van der Waals surface area contributed by atoms with E-state index in [4.69, 9.17) is 27.9 Å². The molecule has 2 aromatic carbocycles. The minimum atomic E-state index is -0.742. The van der Waals surface area contributed by atoms with Gasteiger partial charge in [-0.3, -0.25) is 9.78 Å². The predicted molar refractivity (Wildman–Crippen MR) is 130 cm³/mol. The Morgan fingerprint density at radius 2 is 1.75 bits per heavy atom.